The van der Waals surface area contributed by atoms with E-state index < -0.39 is 0 Å². The van der Waals surface area contributed by atoms with E-state index in [2.05, 4.69) is 204 Å². The molecular formula is C52H36N4. The highest BCUT2D eigenvalue weighted by molar-refractivity contribution is 6.10. The minimum Gasteiger partial charge on any atom is -0.333 e. The van der Waals surface area contributed by atoms with Crippen molar-refractivity contribution in [1.82, 2.24) is 14.5 Å². The molecule has 0 fully saturated rings. The van der Waals surface area contributed by atoms with Gasteiger partial charge in [-0.2, -0.15) is 0 Å². The first-order valence-electron chi connectivity index (χ1n) is 19.2. The molecule has 1 aliphatic carbocycles. The van der Waals surface area contributed by atoms with Crippen LogP contribution in [0, 0.1) is 0 Å². The minimum atomic E-state index is 0.181. The smallest absolute Gasteiger partial charge is 0.235 e. The van der Waals surface area contributed by atoms with Crippen LogP contribution in [0.25, 0.3) is 67.0 Å². The van der Waals surface area contributed by atoms with Crippen molar-refractivity contribution in [1.29, 1.82) is 0 Å². The molecule has 3 heterocycles. The van der Waals surface area contributed by atoms with Crippen LogP contribution in [0.3, 0.4) is 0 Å². The molecule has 0 saturated heterocycles. The second-order valence-electron chi connectivity index (χ2n) is 14.6. The average Bonchev–Trinajstić information content (AvgIpc) is 3.79. The number of nitrogens with zero attached hydrogens (tertiary/aromatic N) is 4. The third-order valence-electron chi connectivity index (χ3n) is 11.3. The molecule has 56 heavy (non-hydrogen) atoms. The lowest BCUT2D eigenvalue weighted by atomic mass is 9.85. The van der Waals surface area contributed by atoms with Crippen LogP contribution in [-0.4, -0.2) is 20.6 Å². The van der Waals surface area contributed by atoms with Gasteiger partial charge in [-0.1, -0.05) is 158 Å². The Morgan fingerprint density at radius 3 is 1.73 bits per heavy atom. The van der Waals surface area contributed by atoms with Crippen LogP contribution in [0.2, 0.25) is 0 Å². The van der Waals surface area contributed by atoms with Crippen molar-refractivity contribution in [2.45, 2.75) is 12.0 Å². The van der Waals surface area contributed by atoms with E-state index in [0.717, 1.165) is 33.5 Å². The van der Waals surface area contributed by atoms with Crippen molar-refractivity contribution >= 4 is 38.8 Å². The molecule has 0 spiro atoms. The second-order valence-corrected chi connectivity index (χ2v) is 14.6. The van der Waals surface area contributed by atoms with Gasteiger partial charge in [-0.15, -0.1) is 0 Å². The Hall–Kier alpha value is -7.30. The summed E-state index contributed by atoms with van der Waals surface area (Å²) in [4.78, 5) is 13.0. The van der Waals surface area contributed by atoms with Crippen molar-refractivity contribution in [3.8, 4) is 39.6 Å². The molecule has 264 valence electrons. The van der Waals surface area contributed by atoms with Crippen molar-refractivity contribution < 1.29 is 0 Å². The van der Waals surface area contributed by atoms with Crippen LogP contribution in [0.5, 0.6) is 0 Å². The molecule has 0 saturated carbocycles. The lowest BCUT2D eigenvalue weighted by Crippen LogP contribution is -2.28. The molecule has 7 aromatic carbocycles. The number of benzene rings is 7. The summed E-state index contributed by atoms with van der Waals surface area (Å²) in [6.45, 7) is 0. The maximum atomic E-state index is 5.23. The zero-order valence-electron chi connectivity index (χ0n) is 30.6. The van der Waals surface area contributed by atoms with Crippen LogP contribution in [0.15, 0.2) is 206 Å². The number of para-hydroxylation sites is 2. The van der Waals surface area contributed by atoms with E-state index in [9.17, 15) is 0 Å². The Morgan fingerprint density at radius 1 is 0.446 bits per heavy atom. The molecule has 2 atom stereocenters. The lowest BCUT2D eigenvalue weighted by Gasteiger charge is -2.29. The summed E-state index contributed by atoms with van der Waals surface area (Å²) < 4.78 is 2.23. The number of hydrogen-bond donors (Lipinski definition) is 0. The molecule has 0 amide bonds. The molecule has 11 rings (SSSR count). The number of allylic oxidation sites excluding steroid dienone is 2. The molecule has 1 aliphatic heterocycles. The SMILES string of the molecule is C1=CC2C(C=C1c1ccc3c(c1)c1ccccc1n3-c1nc(-c3ccccc3)cc(-c3ccccc3)n1)c1cc(-c3ccccc3)ccc1N2c1ccccc1. The van der Waals surface area contributed by atoms with Gasteiger partial charge in [0.1, 0.15) is 0 Å². The zero-order valence-corrected chi connectivity index (χ0v) is 30.6. The van der Waals surface area contributed by atoms with Gasteiger partial charge in [0.2, 0.25) is 5.95 Å². The minimum absolute atomic E-state index is 0.181. The van der Waals surface area contributed by atoms with Crippen LogP contribution >= 0.6 is 0 Å². The Kier molecular flexibility index (Phi) is 7.59. The largest absolute Gasteiger partial charge is 0.333 e. The molecule has 4 nitrogen and oxygen atoms in total. The van der Waals surface area contributed by atoms with Crippen molar-refractivity contribution in [2.75, 3.05) is 4.90 Å². The van der Waals surface area contributed by atoms with Crippen LogP contribution in [0.1, 0.15) is 17.0 Å². The average molecular weight is 717 g/mol. The van der Waals surface area contributed by atoms with Crippen molar-refractivity contribution in [3.05, 3.63) is 217 Å². The van der Waals surface area contributed by atoms with Gasteiger partial charge >= 0.3 is 0 Å². The van der Waals surface area contributed by atoms with E-state index in [0.29, 0.717) is 5.95 Å². The predicted octanol–water partition coefficient (Wildman–Crippen LogP) is 12.8. The maximum absolute atomic E-state index is 5.23. The van der Waals surface area contributed by atoms with Crippen molar-refractivity contribution in [2.24, 2.45) is 0 Å². The van der Waals surface area contributed by atoms with E-state index >= 15 is 0 Å². The fourth-order valence-corrected chi connectivity index (χ4v) is 8.71. The van der Waals surface area contributed by atoms with E-state index in [1.165, 1.54) is 50.0 Å². The highest BCUT2D eigenvalue weighted by atomic mass is 15.2. The number of anilines is 2. The maximum Gasteiger partial charge on any atom is 0.235 e. The number of aromatic nitrogens is 3. The second kappa shape index (κ2) is 13.2. The third-order valence-corrected chi connectivity index (χ3v) is 11.3. The number of hydrogen-bond acceptors (Lipinski definition) is 3. The highest BCUT2D eigenvalue weighted by Crippen LogP contribution is 2.50. The standard InChI is InChI=1S/C52H36N4/c1-5-15-35(16-6-1)38-25-28-49-44(31-38)45-33-40(26-29-50(45)55(49)41-21-11-4-12-22-41)39-27-30-51-43(32-39)42-23-13-14-24-48(42)56(51)52-53-46(36-17-7-2-8-18-36)34-47(54-52)37-19-9-3-10-20-37/h1-34,45,50H. The van der Waals surface area contributed by atoms with Gasteiger partial charge in [-0.05, 0) is 76.4 Å². The van der Waals surface area contributed by atoms with Gasteiger partial charge in [0.25, 0.3) is 0 Å². The summed E-state index contributed by atoms with van der Waals surface area (Å²) in [5.41, 5.74) is 14.8. The number of fused-ring (bicyclic) bond motifs is 6. The molecular weight excluding hydrogens is 681 g/mol. The van der Waals surface area contributed by atoms with E-state index in [1.807, 2.05) is 12.1 Å². The summed E-state index contributed by atoms with van der Waals surface area (Å²) >= 11 is 0. The highest BCUT2D eigenvalue weighted by Gasteiger charge is 2.38. The molecule has 2 unspecified atom stereocenters. The third kappa shape index (κ3) is 5.38. The predicted molar refractivity (Wildman–Crippen MR) is 231 cm³/mol. The molecule has 4 heteroatoms. The van der Waals surface area contributed by atoms with Crippen LogP contribution in [-0.2, 0) is 0 Å². The topological polar surface area (TPSA) is 34.0 Å². The summed E-state index contributed by atoms with van der Waals surface area (Å²) in [5, 5.41) is 2.35. The van der Waals surface area contributed by atoms with Crippen molar-refractivity contribution in [3.63, 3.8) is 0 Å². The van der Waals surface area contributed by atoms with E-state index in [-0.39, 0.29) is 12.0 Å². The normalized spacial score (nSPS) is 15.9. The molecule has 2 aliphatic rings. The monoisotopic (exact) mass is 716 g/mol. The molecule has 9 aromatic rings. The molecule has 0 bridgehead atoms. The summed E-state index contributed by atoms with van der Waals surface area (Å²) in [6, 6.07) is 67.0. The van der Waals surface area contributed by atoms with Gasteiger partial charge in [-0.3, -0.25) is 4.57 Å². The van der Waals surface area contributed by atoms with Gasteiger partial charge < -0.3 is 4.90 Å². The zero-order chi connectivity index (χ0) is 37.0. The van der Waals surface area contributed by atoms with Gasteiger partial charge in [0, 0.05) is 39.2 Å². The van der Waals surface area contributed by atoms with E-state index in [1.54, 1.807) is 0 Å². The first-order chi connectivity index (χ1) is 27.8. The summed E-state index contributed by atoms with van der Waals surface area (Å²) in [7, 11) is 0. The Morgan fingerprint density at radius 2 is 1.04 bits per heavy atom. The lowest BCUT2D eigenvalue weighted by molar-refractivity contribution is 0.747. The number of rotatable bonds is 6. The first-order valence-corrected chi connectivity index (χ1v) is 19.2. The summed E-state index contributed by atoms with van der Waals surface area (Å²) in [6.07, 6.45) is 7.21. The van der Waals surface area contributed by atoms with Gasteiger partial charge in [-0.25, -0.2) is 9.97 Å². The summed E-state index contributed by atoms with van der Waals surface area (Å²) in [5.74, 6) is 0.845. The van der Waals surface area contributed by atoms with Crippen LogP contribution in [0.4, 0.5) is 11.4 Å². The Bertz CT molecular complexity index is 2910. The Balaban J connectivity index is 1.05. The first kappa shape index (κ1) is 32.2. The molecule has 0 N–H and O–H groups in total. The molecule has 0 radical (unpaired) electrons. The van der Waals surface area contributed by atoms with Crippen LogP contribution < -0.4 is 4.90 Å². The fourth-order valence-electron chi connectivity index (χ4n) is 8.71. The quantitative estimate of drug-likeness (QED) is 0.172. The van der Waals surface area contributed by atoms with Gasteiger partial charge in [0.05, 0.1) is 28.5 Å². The van der Waals surface area contributed by atoms with Gasteiger partial charge in [0.15, 0.2) is 0 Å². The van der Waals surface area contributed by atoms with E-state index in [4.69, 9.17) is 9.97 Å². The molecule has 2 aromatic heterocycles. The fraction of sp³-hybridized carbons (Fsp3) is 0.0385. The Labute approximate surface area is 326 Å².